The fourth-order valence-electron chi connectivity index (χ4n) is 1.57. The fourth-order valence-corrected chi connectivity index (χ4v) is 2.02. The molecule has 0 N–H and O–H groups in total. The number of rotatable bonds is 3. The van der Waals surface area contributed by atoms with E-state index in [1.807, 2.05) is 0 Å². The molecule has 1 aromatic heterocycles. The summed E-state index contributed by atoms with van der Waals surface area (Å²) >= 11 is 3.27. The molecule has 18 heavy (non-hydrogen) atoms. The lowest BCUT2D eigenvalue weighted by Crippen LogP contribution is -1.93. The van der Waals surface area contributed by atoms with Gasteiger partial charge in [-0.25, -0.2) is 0 Å². The second-order valence-electron chi connectivity index (χ2n) is 3.68. The SMILES string of the molecule is Cc1c(Br)cc(-c2ccc(C=O)o2)cc1[N+](=O)[O-]. The maximum atomic E-state index is 10.9. The number of nitro benzene ring substituents is 1. The Hall–Kier alpha value is -1.95. The first kappa shape index (κ1) is 12.5. The smallest absolute Gasteiger partial charge is 0.274 e. The predicted octanol–water partition coefficient (Wildman–Crippen LogP) is 3.74. The molecule has 0 atom stereocenters. The van der Waals surface area contributed by atoms with E-state index in [-0.39, 0.29) is 11.4 Å². The topological polar surface area (TPSA) is 73.3 Å². The van der Waals surface area contributed by atoms with Gasteiger partial charge in [0, 0.05) is 21.7 Å². The van der Waals surface area contributed by atoms with Gasteiger partial charge < -0.3 is 4.42 Å². The maximum Gasteiger partial charge on any atom is 0.274 e. The van der Waals surface area contributed by atoms with E-state index >= 15 is 0 Å². The van der Waals surface area contributed by atoms with E-state index in [1.54, 1.807) is 19.1 Å². The van der Waals surface area contributed by atoms with Gasteiger partial charge in [0.05, 0.1) is 4.92 Å². The Morgan fingerprint density at radius 1 is 1.39 bits per heavy atom. The highest BCUT2D eigenvalue weighted by atomic mass is 79.9. The molecule has 0 aliphatic carbocycles. The van der Waals surface area contributed by atoms with Gasteiger partial charge in [0.15, 0.2) is 12.0 Å². The van der Waals surface area contributed by atoms with Crippen LogP contribution in [0.15, 0.2) is 33.2 Å². The lowest BCUT2D eigenvalue weighted by Gasteiger charge is -2.03. The third-order valence-corrected chi connectivity index (χ3v) is 3.36. The van der Waals surface area contributed by atoms with E-state index < -0.39 is 4.92 Å². The number of carbonyl (C=O) groups is 1. The van der Waals surface area contributed by atoms with Crippen LogP contribution in [0.5, 0.6) is 0 Å². The maximum absolute atomic E-state index is 10.9. The van der Waals surface area contributed by atoms with Gasteiger partial charge in [0.2, 0.25) is 0 Å². The van der Waals surface area contributed by atoms with Gasteiger partial charge in [0.1, 0.15) is 5.76 Å². The molecule has 0 unspecified atom stereocenters. The zero-order valence-corrected chi connectivity index (χ0v) is 10.9. The van der Waals surface area contributed by atoms with Gasteiger partial charge in [-0.3, -0.25) is 14.9 Å². The Balaban J connectivity index is 2.58. The number of aldehydes is 1. The molecule has 0 spiro atoms. The molecule has 1 heterocycles. The quantitative estimate of drug-likeness (QED) is 0.492. The van der Waals surface area contributed by atoms with Crippen molar-refractivity contribution in [3.8, 4) is 11.3 Å². The number of nitro groups is 1. The normalized spacial score (nSPS) is 10.3. The number of benzene rings is 1. The molecule has 0 bridgehead atoms. The Kier molecular flexibility index (Phi) is 3.29. The molecule has 0 fully saturated rings. The van der Waals surface area contributed by atoms with Gasteiger partial charge in [0.25, 0.3) is 5.69 Å². The molecule has 5 nitrogen and oxygen atoms in total. The fraction of sp³-hybridized carbons (Fsp3) is 0.0833. The predicted molar refractivity (Wildman–Crippen MR) is 68.6 cm³/mol. The summed E-state index contributed by atoms with van der Waals surface area (Å²) in [5.74, 6) is 0.602. The second kappa shape index (κ2) is 4.73. The van der Waals surface area contributed by atoms with Gasteiger partial charge in [-0.05, 0) is 25.1 Å². The lowest BCUT2D eigenvalue weighted by molar-refractivity contribution is -0.385. The summed E-state index contributed by atoms with van der Waals surface area (Å²) in [6, 6.07) is 6.26. The average Bonchev–Trinajstić information content (AvgIpc) is 2.80. The summed E-state index contributed by atoms with van der Waals surface area (Å²) in [4.78, 5) is 21.0. The highest BCUT2D eigenvalue weighted by molar-refractivity contribution is 9.10. The number of furan rings is 1. The summed E-state index contributed by atoms with van der Waals surface area (Å²) in [6.07, 6.45) is 0.584. The molecule has 0 radical (unpaired) electrons. The zero-order chi connectivity index (χ0) is 13.3. The third kappa shape index (κ3) is 2.19. The van der Waals surface area contributed by atoms with Crippen molar-refractivity contribution in [3.63, 3.8) is 0 Å². The largest absolute Gasteiger partial charge is 0.453 e. The molecule has 2 aromatic rings. The van der Waals surface area contributed by atoms with Crippen molar-refractivity contribution in [1.82, 2.24) is 0 Å². The molecule has 0 saturated heterocycles. The van der Waals surface area contributed by atoms with Crippen molar-refractivity contribution in [2.45, 2.75) is 6.92 Å². The summed E-state index contributed by atoms with van der Waals surface area (Å²) in [5.41, 5.74) is 1.10. The molecule has 0 saturated carbocycles. The zero-order valence-electron chi connectivity index (χ0n) is 9.34. The highest BCUT2D eigenvalue weighted by Crippen LogP contribution is 2.33. The Labute approximate surface area is 111 Å². The molecule has 92 valence electrons. The lowest BCUT2D eigenvalue weighted by atomic mass is 10.1. The molecule has 0 aliphatic rings. The number of hydrogen-bond donors (Lipinski definition) is 0. The molecule has 1 aromatic carbocycles. The van der Waals surface area contributed by atoms with E-state index in [4.69, 9.17) is 4.42 Å². The first-order valence-corrected chi connectivity index (χ1v) is 5.82. The minimum absolute atomic E-state index is 0.00317. The van der Waals surface area contributed by atoms with Crippen molar-refractivity contribution < 1.29 is 14.1 Å². The summed E-state index contributed by atoms with van der Waals surface area (Å²) < 4.78 is 5.86. The second-order valence-corrected chi connectivity index (χ2v) is 4.53. The molecular weight excluding hydrogens is 302 g/mol. The van der Waals surface area contributed by atoms with Crippen LogP contribution in [0.25, 0.3) is 11.3 Å². The van der Waals surface area contributed by atoms with Crippen molar-refractivity contribution in [3.05, 3.63) is 50.2 Å². The molecule has 6 heteroatoms. The molecular formula is C12H8BrNO4. The number of hydrogen-bond acceptors (Lipinski definition) is 4. The third-order valence-electron chi connectivity index (χ3n) is 2.54. The Morgan fingerprint density at radius 2 is 2.11 bits per heavy atom. The number of nitrogens with zero attached hydrogens (tertiary/aromatic N) is 1. The van der Waals surface area contributed by atoms with Crippen LogP contribution in [0.4, 0.5) is 5.69 Å². The van der Waals surface area contributed by atoms with Crippen molar-refractivity contribution in [2.24, 2.45) is 0 Å². The minimum Gasteiger partial charge on any atom is -0.453 e. The van der Waals surface area contributed by atoms with Crippen molar-refractivity contribution >= 4 is 27.9 Å². The van der Waals surface area contributed by atoms with E-state index in [1.165, 1.54) is 12.1 Å². The highest BCUT2D eigenvalue weighted by Gasteiger charge is 2.17. The van der Waals surface area contributed by atoms with E-state index in [9.17, 15) is 14.9 Å². The van der Waals surface area contributed by atoms with Gasteiger partial charge in [-0.15, -0.1) is 0 Å². The van der Waals surface area contributed by atoms with Crippen LogP contribution in [-0.4, -0.2) is 11.2 Å². The average molecular weight is 310 g/mol. The minimum atomic E-state index is -0.451. The van der Waals surface area contributed by atoms with Crippen LogP contribution in [-0.2, 0) is 0 Å². The van der Waals surface area contributed by atoms with Crippen LogP contribution in [0, 0.1) is 17.0 Å². The van der Waals surface area contributed by atoms with Crippen molar-refractivity contribution in [2.75, 3.05) is 0 Å². The first-order valence-electron chi connectivity index (χ1n) is 5.03. The van der Waals surface area contributed by atoms with Gasteiger partial charge >= 0.3 is 0 Å². The van der Waals surface area contributed by atoms with E-state index in [2.05, 4.69) is 15.9 Å². The van der Waals surface area contributed by atoms with E-state index in [0.29, 0.717) is 27.6 Å². The van der Waals surface area contributed by atoms with Gasteiger partial charge in [-0.2, -0.15) is 0 Å². The molecule has 2 rings (SSSR count). The summed E-state index contributed by atoms with van der Waals surface area (Å²) in [7, 11) is 0. The van der Waals surface area contributed by atoms with Crippen LogP contribution in [0.2, 0.25) is 0 Å². The van der Waals surface area contributed by atoms with Crippen LogP contribution < -0.4 is 0 Å². The van der Waals surface area contributed by atoms with Crippen LogP contribution >= 0.6 is 15.9 Å². The van der Waals surface area contributed by atoms with Crippen LogP contribution in [0.3, 0.4) is 0 Å². The van der Waals surface area contributed by atoms with Crippen LogP contribution in [0.1, 0.15) is 16.1 Å². The van der Waals surface area contributed by atoms with Gasteiger partial charge in [-0.1, -0.05) is 15.9 Å². The monoisotopic (exact) mass is 309 g/mol. The standard InChI is InChI=1S/C12H8BrNO4/c1-7-10(13)4-8(5-11(7)14(16)17)12-3-2-9(6-15)18-12/h2-6H,1H3. The van der Waals surface area contributed by atoms with E-state index in [0.717, 1.165) is 0 Å². The summed E-state index contributed by atoms with van der Waals surface area (Å²) in [6.45, 7) is 1.66. The number of halogens is 1. The van der Waals surface area contributed by atoms with Crippen molar-refractivity contribution in [1.29, 1.82) is 0 Å². The molecule has 0 amide bonds. The first-order chi connectivity index (χ1) is 8.52. The number of carbonyl (C=O) groups excluding carboxylic acids is 1. The molecule has 0 aliphatic heterocycles. The summed E-state index contributed by atoms with van der Waals surface area (Å²) in [5, 5.41) is 10.9. The Morgan fingerprint density at radius 3 is 2.67 bits per heavy atom. The Bertz CT molecular complexity index is 633.